The molecular formula is C20H30N4O8S. The van der Waals surface area contributed by atoms with E-state index >= 15 is 0 Å². The number of methoxy groups -OCH3 is 1. The summed E-state index contributed by atoms with van der Waals surface area (Å²) in [5.41, 5.74) is 1.50. The summed E-state index contributed by atoms with van der Waals surface area (Å²) in [5.74, 6) is -2.55. The number of amides is 2. The Balaban J connectivity index is 2.31. The maximum atomic E-state index is 13.4. The minimum absolute atomic E-state index is 0.0515. The second-order valence-electron chi connectivity index (χ2n) is 7.89. The molecule has 0 bridgehead atoms. The number of rotatable bonds is 10. The average Bonchev–Trinajstić information content (AvgIpc) is 2.80. The smallest absolute Gasteiger partial charge is 0.322 e. The summed E-state index contributed by atoms with van der Waals surface area (Å²) in [6.07, 6.45) is -0.274. The molecule has 12 nitrogen and oxygen atoms in total. The summed E-state index contributed by atoms with van der Waals surface area (Å²) in [7, 11) is -2.81. The van der Waals surface area contributed by atoms with Gasteiger partial charge >= 0.3 is 5.97 Å². The molecule has 184 valence electrons. The third-order valence-electron chi connectivity index (χ3n) is 5.36. The van der Waals surface area contributed by atoms with E-state index in [2.05, 4.69) is 5.32 Å². The first-order valence-electron chi connectivity index (χ1n) is 10.4. The largest absolute Gasteiger partial charge is 0.497 e. The molecule has 2 amide bonds. The molecule has 2 atom stereocenters. The van der Waals surface area contributed by atoms with Gasteiger partial charge in [0.2, 0.25) is 15.9 Å². The predicted octanol–water partition coefficient (Wildman–Crippen LogP) is -0.509. The van der Waals surface area contributed by atoms with E-state index in [-0.39, 0.29) is 37.5 Å². The molecule has 2 rings (SSSR count). The van der Waals surface area contributed by atoms with Crippen LogP contribution in [0.2, 0.25) is 0 Å². The van der Waals surface area contributed by atoms with Crippen LogP contribution in [0.3, 0.4) is 0 Å². The van der Waals surface area contributed by atoms with Gasteiger partial charge in [-0.1, -0.05) is 13.8 Å². The first kappa shape index (κ1) is 26.5. The predicted molar refractivity (Wildman–Crippen MR) is 116 cm³/mol. The highest BCUT2D eigenvalue weighted by atomic mass is 32.2. The molecule has 1 aliphatic heterocycles. The van der Waals surface area contributed by atoms with Crippen LogP contribution in [0.15, 0.2) is 29.2 Å². The van der Waals surface area contributed by atoms with Gasteiger partial charge in [-0.25, -0.2) is 13.9 Å². The lowest BCUT2D eigenvalue weighted by Crippen LogP contribution is -2.56. The van der Waals surface area contributed by atoms with Crippen LogP contribution in [0.5, 0.6) is 5.75 Å². The molecule has 1 aromatic carbocycles. The third-order valence-corrected chi connectivity index (χ3v) is 7.25. The third kappa shape index (κ3) is 6.41. The minimum atomic E-state index is -4.25. The average molecular weight is 487 g/mol. The van der Waals surface area contributed by atoms with Crippen LogP contribution < -0.4 is 15.5 Å². The van der Waals surface area contributed by atoms with E-state index in [1.165, 1.54) is 41.8 Å². The van der Waals surface area contributed by atoms with E-state index in [1.807, 2.05) is 0 Å². The number of hydrogen-bond acceptors (Lipinski definition) is 8. The Morgan fingerprint density at radius 3 is 2.42 bits per heavy atom. The molecule has 33 heavy (non-hydrogen) atoms. The van der Waals surface area contributed by atoms with Crippen LogP contribution in [0.25, 0.3) is 0 Å². The lowest BCUT2D eigenvalue weighted by Gasteiger charge is -2.34. The van der Waals surface area contributed by atoms with Gasteiger partial charge in [-0.15, -0.1) is 0 Å². The highest BCUT2D eigenvalue weighted by Crippen LogP contribution is 2.25. The molecule has 1 heterocycles. The van der Waals surface area contributed by atoms with E-state index in [0.717, 1.165) is 4.31 Å². The number of piperazine rings is 1. The number of aliphatic carboxylic acids is 1. The Hall–Kier alpha value is -2.74. The number of carbonyl (C=O) groups is 3. The van der Waals surface area contributed by atoms with Gasteiger partial charge in [-0.2, -0.15) is 4.31 Å². The number of carboxylic acids is 1. The van der Waals surface area contributed by atoms with Crippen molar-refractivity contribution < 1.29 is 37.9 Å². The Morgan fingerprint density at radius 2 is 1.91 bits per heavy atom. The number of carbonyl (C=O) groups excluding carboxylic acids is 2. The molecule has 1 fully saturated rings. The summed E-state index contributed by atoms with van der Waals surface area (Å²) >= 11 is 0. The minimum Gasteiger partial charge on any atom is -0.497 e. The Labute approximate surface area is 192 Å². The zero-order chi connectivity index (χ0) is 24.8. The van der Waals surface area contributed by atoms with Crippen molar-refractivity contribution in [1.29, 1.82) is 0 Å². The maximum Gasteiger partial charge on any atom is 0.322 e. The van der Waals surface area contributed by atoms with Crippen molar-refractivity contribution in [3.05, 3.63) is 24.3 Å². The van der Waals surface area contributed by atoms with Crippen LogP contribution in [0.4, 0.5) is 0 Å². The van der Waals surface area contributed by atoms with Gasteiger partial charge in [0.05, 0.1) is 12.0 Å². The first-order valence-corrected chi connectivity index (χ1v) is 11.8. The SMILES string of the molecule is COc1ccc(S(=O)(=O)N(CCC(=O)N2CCNC(C(=O)O)C2)C(C(=O)NO)C(C)C)cc1. The number of ether oxygens (including phenoxy) is 1. The summed E-state index contributed by atoms with van der Waals surface area (Å²) in [4.78, 5) is 37.6. The van der Waals surface area contributed by atoms with Crippen molar-refractivity contribution in [3.8, 4) is 5.75 Å². The molecule has 1 aliphatic rings. The van der Waals surface area contributed by atoms with E-state index < -0.39 is 45.8 Å². The molecule has 0 saturated carbocycles. The van der Waals surface area contributed by atoms with Crippen molar-refractivity contribution in [3.63, 3.8) is 0 Å². The van der Waals surface area contributed by atoms with E-state index in [0.29, 0.717) is 5.75 Å². The highest BCUT2D eigenvalue weighted by molar-refractivity contribution is 7.89. The van der Waals surface area contributed by atoms with Gasteiger partial charge in [0, 0.05) is 32.6 Å². The van der Waals surface area contributed by atoms with E-state index in [4.69, 9.17) is 4.74 Å². The quantitative estimate of drug-likeness (QED) is 0.252. The Kier molecular flexibility index (Phi) is 9.16. The standard InChI is InChI=1S/C20H30N4O8S/c1-13(2)18(19(26)22-29)24(33(30,31)15-6-4-14(32-3)5-7-15)10-8-17(25)23-11-9-21-16(12-23)20(27)28/h4-7,13,16,18,21,29H,8-12H2,1-3H3,(H,22,26)(H,27,28). The summed E-state index contributed by atoms with van der Waals surface area (Å²) in [6.45, 7) is 3.41. The fourth-order valence-electron chi connectivity index (χ4n) is 3.63. The molecular weight excluding hydrogens is 456 g/mol. The molecule has 0 spiro atoms. The zero-order valence-electron chi connectivity index (χ0n) is 18.7. The number of nitrogens with one attached hydrogen (secondary N) is 2. The van der Waals surface area contributed by atoms with E-state index in [1.54, 1.807) is 13.8 Å². The monoisotopic (exact) mass is 486 g/mol. The molecule has 1 aromatic rings. The summed E-state index contributed by atoms with van der Waals surface area (Å²) in [5, 5.41) is 21.2. The topological polar surface area (TPSA) is 166 Å². The highest BCUT2D eigenvalue weighted by Gasteiger charge is 2.38. The van der Waals surface area contributed by atoms with Crippen molar-refractivity contribution in [2.75, 3.05) is 33.3 Å². The van der Waals surface area contributed by atoms with Crippen LogP contribution in [-0.2, 0) is 24.4 Å². The van der Waals surface area contributed by atoms with Crippen LogP contribution >= 0.6 is 0 Å². The van der Waals surface area contributed by atoms with Crippen molar-refractivity contribution in [2.24, 2.45) is 5.92 Å². The van der Waals surface area contributed by atoms with Gasteiger partial charge in [-0.3, -0.25) is 19.6 Å². The first-order chi connectivity index (χ1) is 15.5. The number of benzene rings is 1. The lowest BCUT2D eigenvalue weighted by molar-refractivity contribution is -0.143. The van der Waals surface area contributed by atoms with Crippen molar-refractivity contribution in [1.82, 2.24) is 20.0 Å². The molecule has 1 saturated heterocycles. The second kappa shape index (κ2) is 11.4. The molecule has 4 N–H and O–H groups in total. The number of nitrogens with zero attached hydrogens (tertiary/aromatic N) is 2. The van der Waals surface area contributed by atoms with Crippen LogP contribution in [-0.4, -0.2) is 91.1 Å². The molecule has 0 aliphatic carbocycles. The Morgan fingerprint density at radius 1 is 1.27 bits per heavy atom. The molecule has 13 heteroatoms. The molecule has 0 radical (unpaired) electrons. The van der Waals surface area contributed by atoms with Crippen LogP contribution in [0.1, 0.15) is 20.3 Å². The van der Waals surface area contributed by atoms with Crippen molar-refractivity contribution >= 4 is 27.8 Å². The maximum absolute atomic E-state index is 13.4. The zero-order valence-corrected chi connectivity index (χ0v) is 19.5. The fraction of sp³-hybridized carbons (Fsp3) is 0.550. The van der Waals surface area contributed by atoms with Gasteiger partial charge in [0.25, 0.3) is 5.91 Å². The summed E-state index contributed by atoms with van der Waals surface area (Å²) < 4.78 is 32.8. The molecule has 2 unspecified atom stereocenters. The normalized spacial score (nSPS) is 17.6. The summed E-state index contributed by atoms with van der Waals surface area (Å²) in [6, 6.07) is 3.37. The van der Waals surface area contributed by atoms with Gasteiger partial charge < -0.3 is 20.1 Å². The van der Waals surface area contributed by atoms with Crippen molar-refractivity contribution in [2.45, 2.75) is 37.2 Å². The van der Waals surface area contributed by atoms with Gasteiger partial charge in [0.15, 0.2) is 0 Å². The number of carboxylic acid groups (broad SMARTS) is 1. The number of hydrogen-bond donors (Lipinski definition) is 4. The Bertz CT molecular complexity index is 951. The van der Waals surface area contributed by atoms with Gasteiger partial charge in [0.1, 0.15) is 17.8 Å². The molecule has 0 aromatic heterocycles. The number of sulfonamides is 1. The van der Waals surface area contributed by atoms with Crippen LogP contribution in [0, 0.1) is 5.92 Å². The second-order valence-corrected chi connectivity index (χ2v) is 9.78. The van der Waals surface area contributed by atoms with E-state index in [9.17, 15) is 33.1 Å². The fourth-order valence-corrected chi connectivity index (χ4v) is 5.35. The number of hydroxylamine groups is 1. The lowest BCUT2D eigenvalue weighted by atomic mass is 10.0. The van der Waals surface area contributed by atoms with Gasteiger partial charge in [-0.05, 0) is 30.2 Å².